The van der Waals surface area contributed by atoms with Crippen molar-refractivity contribution in [3.05, 3.63) is 11.9 Å². The molecule has 0 saturated heterocycles. The van der Waals surface area contributed by atoms with Crippen LogP contribution >= 0.6 is 0 Å². The van der Waals surface area contributed by atoms with Crippen molar-refractivity contribution in [3.63, 3.8) is 0 Å². The molecule has 5 heteroatoms. The minimum atomic E-state index is -0.136. The molecule has 1 heterocycles. The fraction of sp³-hybridized carbons (Fsp3) is 0.692. The Bertz CT molecular complexity index is 446. The molecule has 0 spiro atoms. The minimum absolute atomic E-state index is 0.136. The predicted octanol–water partition coefficient (Wildman–Crippen LogP) is 1.29. The van der Waals surface area contributed by atoms with Crippen molar-refractivity contribution in [1.82, 2.24) is 14.9 Å². The van der Waals surface area contributed by atoms with E-state index in [4.69, 9.17) is 0 Å². The van der Waals surface area contributed by atoms with Crippen LogP contribution in [0.4, 0.5) is 5.95 Å². The van der Waals surface area contributed by atoms with Crippen molar-refractivity contribution in [2.24, 2.45) is 12.5 Å². The Balaban J connectivity index is 1.96. The molecule has 100 valence electrons. The van der Waals surface area contributed by atoms with Crippen LogP contribution in [-0.2, 0) is 18.4 Å². The highest BCUT2D eigenvalue weighted by Gasteiger charge is 2.38. The van der Waals surface area contributed by atoms with Gasteiger partial charge in [0, 0.05) is 26.6 Å². The van der Waals surface area contributed by atoms with Gasteiger partial charge >= 0.3 is 0 Å². The van der Waals surface area contributed by atoms with Gasteiger partial charge in [-0.15, -0.1) is 0 Å². The van der Waals surface area contributed by atoms with Gasteiger partial charge in [0.25, 0.3) is 0 Å². The Kier molecular flexibility index (Phi) is 3.32. The van der Waals surface area contributed by atoms with Crippen LogP contribution in [0.1, 0.15) is 31.9 Å². The lowest BCUT2D eigenvalue weighted by Gasteiger charge is -2.36. The fourth-order valence-electron chi connectivity index (χ4n) is 2.33. The molecular formula is C13H22N4O. The standard InChI is InChI=1S/C13H22N4O/c1-13(6-5-7-13)11(18)14-8-10-9-15-12(16(2)3)17(10)4/h9H,5-8H2,1-4H3,(H,14,18). The van der Waals surface area contributed by atoms with Gasteiger partial charge in [-0.1, -0.05) is 13.3 Å². The highest BCUT2D eigenvalue weighted by molar-refractivity contribution is 5.82. The molecule has 0 aromatic carbocycles. The molecule has 0 unspecified atom stereocenters. The van der Waals surface area contributed by atoms with Crippen LogP contribution in [0.2, 0.25) is 0 Å². The van der Waals surface area contributed by atoms with Gasteiger partial charge in [-0.05, 0) is 12.8 Å². The first-order valence-electron chi connectivity index (χ1n) is 6.40. The minimum Gasteiger partial charge on any atom is -0.350 e. The second kappa shape index (κ2) is 4.63. The van der Waals surface area contributed by atoms with Crippen molar-refractivity contribution in [2.45, 2.75) is 32.7 Å². The number of carbonyl (C=O) groups is 1. The maximum Gasteiger partial charge on any atom is 0.226 e. The summed E-state index contributed by atoms with van der Waals surface area (Å²) in [5.74, 6) is 1.07. The predicted molar refractivity (Wildman–Crippen MR) is 71.3 cm³/mol. The smallest absolute Gasteiger partial charge is 0.226 e. The quantitative estimate of drug-likeness (QED) is 0.876. The van der Waals surface area contributed by atoms with E-state index in [1.807, 2.05) is 43.7 Å². The van der Waals surface area contributed by atoms with Crippen molar-refractivity contribution < 1.29 is 4.79 Å². The normalized spacial score (nSPS) is 17.1. The second-order valence-electron chi connectivity index (χ2n) is 5.60. The van der Waals surface area contributed by atoms with E-state index < -0.39 is 0 Å². The Hall–Kier alpha value is -1.52. The number of nitrogens with one attached hydrogen (secondary N) is 1. The monoisotopic (exact) mass is 250 g/mol. The summed E-state index contributed by atoms with van der Waals surface area (Å²) < 4.78 is 2.00. The van der Waals surface area contributed by atoms with E-state index in [9.17, 15) is 4.79 Å². The molecular weight excluding hydrogens is 228 g/mol. The van der Waals surface area contributed by atoms with Crippen molar-refractivity contribution in [2.75, 3.05) is 19.0 Å². The number of imidazole rings is 1. The molecule has 1 fully saturated rings. The van der Waals surface area contributed by atoms with E-state index in [0.717, 1.165) is 24.5 Å². The zero-order valence-corrected chi connectivity index (χ0v) is 11.7. The summed E-state index contributed by atoms with van der Waals surface area (Å²) in [5.41, 5.74) is 0.887. The second-order valence-corrected chi connectivity index (χ2v) is 5.60. The Morgan fingerprint density at radius 3 is 2.67 bits per heavy atom. The first-order chi connectivity index (χ1) is 8.44. The highest BCUT2D eigenvalue weighted by Crippen LogP contribution is 2.40. The highest BCUT2D eigenvalue weighted by atomic mass is 16.2. The first-order valence-corrected chi connectivity index (χ1v) is 6.40. The van der Waals surface area contributed by atoms with Gasteiger partial charge in [-0.3, -0.25) is 4.79 Å². The first kappa shape index (κ1) is 12.9. The van der Waals surface area contributed by atoms with Gasteiger partial charge in [-0.2, -0.15) is 0 Å². The Labute approximate surface area is 108 Å². The number of rotatable bonds is 4. The number of anilines is 1. The lowest BCUT2D eigenvalue weighted by atomic mass is 9.70. The van der Waals surface area contributed by atoms with Gasteiger partial charge in [0.15, 0.2) is 0 Å². The number of carbonyl (C=O) groups excluding carboxylic acids is 1. The Morgan fingerprint density at radius 2 is 2.22 bits per heavy atom. The molecule has 1 N–H and O–H groups in total. The molecule has 1 aliphatic rings. The van der Waals surface area contributed by atoms with E-state index in [1.54, 1.807) is 0 Å². The zero-order valence-electron chi connectivity index (χ0n) is 11.7. The van der Waals surface area contributed by atoms with Crippen molar-refractivity contribution in [3.8, 4) is 0 Å². The largest absolute Gasteiger partial charge is 0.350 e. The average Bonchev–Trinajstić information content (AvgIpc) is 2.64. The zero-order chi connectivity index (χ0) is 13.3. The van der Waals surface area contributed by atoms with Crippen LogP contribution in [0.3, 0.4) is 0 Å². The third-order valence-electron chi connectivity index (χ3n) is 3.90. The number of nitrogens with zero attached hydrogens (tertiary/aromatic N) is 3. The van der Waals surface area contributed by atoms with E-state index in [0.29, 0.717) is 6.54 Å². The molecule has 0 bridgehead atoms. The lowest BCUT2D eigenvalue weighted by molar-refractivity contribution is -0.134. The summed E-state index contributed by atoms with van der Waals surface area (Å²) in [6, 6.07) is 0. The van der Waals surface area contributed by atoms with Crippen LogP contribution in [0.5, 0.6) is 0 Å². The summed E-state index contributed by atoms with van der Waals surface area (Å²) >= 11 is 0. The maximum absolute atomic E-state index is 12.0. The van der Waals surface area contributed by atoms with E-state index in [2.05, 4.69) is 10.3 Å². The number of aromatic nitrogens is 2. The molecule has 1 aromatic heterocycles. The van der Waals surface area contributed by atoms with Crippen LogP contribution < -0.4 is 10.2 Å². The summed E-state index contributed by atoms with van der Waals surface area (Å²) in [5, 5.41) is 3.02. The van der Waals surface area contributed by atoms with Crippen LogP contribution in [0, 0.1) is 5.41 Å². The van der Waals surface area contributed by atoms with Gasteiger partial charge < -0.3 is 14.8 Å². The summed E-state index contributed by atoms with van der Waals surface area (Å²) in [4.78, 5) is 18.3. The Morgan fingerprint density at radius 1 is 1.56 bits per heavy atom. The van der Waals surface area contributed by atoms with E-state index >= 15 is 0 Å². The van der Waals surface area contributed by atoms with E-state index in [-0.39, 0.29) is 11.3 Å². The molecule has 1 aromatic rings. The van der Waals surface area contributed by atoms with E-state index in [1.165, 1.54) is 6.42 Å². The average molecular weight is 250 g/mol. The van der Waals surface area contributed by atoms with Crippen molar-refractivity contribution in [1.29, 1.82) is 0 Å². The molecule has 0 radical (unpaired) electrons. The molecule has 1 amide bonds. The van der Waals surface area contributed by atoms with Gasteiger partial charge in [0.05, 0.1) is 18.4 Å². The summed E-state index contributed by atoms with van der Waals surface area (Å²) in [7, 11) is 5.88. The van der Waals surface area contributed by atoms with Crippen molar-refractivity contribution >= 4 is 11.9 Å². The molecule has 2 rings (SSSR count). The number of hydrogen-bond acceptors (Lipinski definition) is 3. The summed E-state index contributed by atoms with van der Waals surface area (Å²) in [6.07, 6.45) is 5.00. The molecule has 1 aliphatic carbocycles. The molecule has 5 nitrogen and oxygen atoms in total. The van der Waals surface area contributed by atoms with Gasteiger partial charge in [0.1, 0.15) is 0 Å². The molecule has 1 saturated carbocycles. The maximum atomic E-state index is 12.0. The number of hydrogen-bond donors (Lipinski definition) is 1. The third kappa shape index (κ3) is 2.21. The van der Waals surface area contributed by atoms with Crippen LogP contribution in [0.15, 0.2) is 6.20 Å². The molecule has 18 heavy (non-hydrogen) atoms. The molecule has 0 aliphatic heterocycles. The number of amides is 1. The topological polar surface area (TPSA) is 50.2 Å². The van der Waals surface area contributed by atoms with Crippen LogP contribution in [-0.4, -0.2) is 29.6 Å². The third-order valence-corrected chi connectivity index (χ3v) is 3.90. The van der Waals surface area contributed by atoms with Gasteiger partial charge in [-0.25, -0.2) is 4.98 Å². The SMILES string of the molecule is CN(C)c1ncc(CNC(=O)C2(C)CCC2)n1C. The molecule has 0 atom stereocenters. The fourth-order valence-corrected chi connectivity index (χ4v) is 2.33. The summed E-state index contributed by atoms with van der Waals surface area (Å²) in [6.45, 7) is 2.59. The van der Waals surface area contributed by atoms with Crippen LogP contribution in [0.25, 0.3) is 0 Å². The lowest BCUT2D eigenvalue weighted by Crippen LogP contribution is -2.43. The van der Waals surface area contributed by atoms with Gasteiger partial charge in [0.2, 0.25) is 11.9 Å².